The third-order valence-electron chi connectivity index (χ3n) is 3.94. The third-order valence-corrected chi connectivity index (χ3v) is 3.94. The van der Waals surface area contributed by atoms with Gasteiger partial charge in [0.05, 0.1) is 26.2 Å². The number of unbranched alkanes of at least 4 members (excludes halogenated alkanes) is 4. The summed E-state index contributed by atoms with van der Waals surface area (Å²) in [6, 6.07) is 0. The predicted molar refractivity (Wildman–Crippen MR) is 86.4 cm³/mol. The van der Waals surface area contributed by atoms with Crippen molar-refractivity contribution in [1.82, 2.24) is 0 Å². The molecule has 0 aromatic rings. The van der Waals surface area contributed by atoms with E-state index in [0.29, 0.717) is 0 Å². The van der Waals surface area contributed by atoms with Crippen molar-refractivity contribution in [3.8, 4) is 0 Å². The summed E-state index contributed by atoms with van der Waals surface area (Å²) in [5, 5.41) is 15.5. The van der Waals surface area contributed by atoms with E-state index in [9.17, 15) is 0 Å². The van der Waals surface area contributed by atoms with Crippen molar-refractivity contribution < 1.29 is 14.7 Å². The van der Waals surface area contributed by atoms with Crippen LogP contribution in [-0.4, -0.2) is 42.6 Å². The second kappa shape index (κ2) is 16.9. The Hall–Kier alpha value is -0.120. The largest absolute Gasteiger partial charge is 0.834 e. The molecule has 1 N–H and O–H groups in total. The van der Waals surface area contributed by atoms with Crippen molar-refractivity contribution in [2.24, 2.45) is 0 Å². The summed E-state index contributed by atoms with van der Waals surface area (Å²) < 4.78 is 1.42. The van der Waals surface area contributed by atoms with Crippen LogP contribution in [-0.2, 0) is 0 Å². The standard InChI is InChI=1S/C16H36N.CH3O2/c1-5-9-13-17(14-10-6-2,15-11-7-3)16-12-8-4;2-1-3/h5-16H2,1-4H3;2H,1H2/q+1;-1. The lowest BCUT2D eigenvalue weighted by molar-refractivity contribution is -0.929. The summed E-state index contributed by atoms with van der Waals surface area (Å²) in [5.74, 6) is 0. The highest BCUT2D eigenvalue weighted by Gasteiger charge is 2.24. The van der Waals surface area contributed by atoms with Gasteiger partial charge in [0, 0.05) is 0 Å². The van der Waals surface area contributed by atoms with Crippen LogP contribution in [0.25, 0.3) is 0 Å². The van der Waals surface area contributed by atoms with Gasteiger partial charge in [-0.15, -0.1) is 0 Å². The van der Waals surface area contributed by atoms with E-state index < -0.39 is 6.79 Å². The fraction of sp³-hybridized carbons (Fsp3) is 1.00. The summed E-state index contributed by atoms with van der Waals surface area (Å²) in [6.07, 6.45) is 11.1. The normalized spacial score (nSPS) is 11.1. The fourth-order valence-electron chi connectivity index (χ4n) is 2.64. The molecule has 0 unspecified atom stereocenters. The maximum absolute atomic E-state index is 8.49. The van der Waals surface area contributed by atoms with Gasteiger partial charge in [-0.1, -0.05) is 53.4 Å². The molecular weight excluding hydrogens is 250 g/mol. The molecule has 0 aromatic heterocycles. The van der Waals surface area contributed by atoms with Crippen LogP contribution < -0.4 is 5.11 Å². The van der Waals surface area contributed by atoms with Gasteiger partial charge in [-0.3, -0.25) is 0 Å². The van der Waals surface area contributed by atoms with Crippen LogP contribution in [0.5, 0.6) is 0 Å². The second-order valence-corrected chi connectivity index (χ2v) is 5.78. The quantitative estimate of drug-likeness (QED) is 0.442. The van der Waals surface area contributed by atoms with Gasteiger partial charge >= 0.3 is 0 Å². The summed E-state index contributed by atoms with van der Waals surface area (Å²) in [7, 11) is 0. The molecule has 0 aromatic carbocycles. The molecule has 0 aliphatic heterocycles. The fourth-order valence-corrected chi connectivity index (χ4v) is 2.64. The maximum atomic E-state index is 8.49. The minimum Gasteiger partial charge on any atom is -0.834 e. The van der Waals surface area contributed by atoms with Crippen LogP contribution in [0.15, 0.2) is 0 Å². The lowest BCUT2D eigenvalue weighted by atomic mass is 10.1. The molecule has 0 amide bonds. The topological polar surface area (TPSA) is 43.3 Å². The molecule has 0 rings (SSSR count). The van der Waals surface area contributed by atoms with Crippen LogP contribution >= 0.6 is 0 Å². The molecule has 3 nitrogen and oxygen atoms in total. The highest BCUT2D eigenvalue weighted by molar-refractivity contribution is 4.49. The van der Waals surface area contributed by atoms with Gasteiger partial charge in [-0.25, -0.2) is 0 Å². The Labute approximate surface area is 127 Å². The van der Waals surface area contributed by atoms with Crippen LogP contribution in [0.4, 0.5) is 0 Å². The SMILES string of the molecule is CCCC[N+](CCCC)(CCCC)CCCC.[O-]CO. The Bertz CT molecular complexity index is 137. The highest BCUT2D eigenvalue weighted by atomic mass is 16.5. The van der Waals surface area contributed by atoms with E-state index in [1.807, 2.05) is 0 Å². The lowest BCUT2D eigenvalue weighted by Gasteiger charge is -2.39. The molecular formula is C17H39NO2. The van der Waals surface area contributed by atoms with E-state index in [0.717, 1.165) is 0 Å². The van der Waals surface area contributed by atoms with Crippen molar-refractivity contribution in [1.29, 1.82) is 0 Å². The molecule has 0 saturated carbocycles. The first-order valence-corrected chi connectivity index (χ1v) is 8.70. The van der Waals surface area contributed by atoms with E-state index in [-0.39, 0.29) is 0 Å². The molecule has 124 valence electrons. The zero-order valence-electron chi connectivity index (χ0n) is 14.5. The van der Waals surface area contributed by atoms with Crippen LogP contribution in [0.2, 0.25) is 0 Å². The molecule has 0 spiro atoms. The van der Waals surface area contributed by atoms with Gasteiger partial charge in [0.15, 0.2) is 0 Å². The van der Waals surface area contributed by atoms with Gasteiger partial charge in [0.25, 0.3) is 0 Å². The third kappa shape index (κ3) is 12.9. The molecule has 0 atom stereocenters. The van der Waals surface area contributed by atoms with E-state index in [2.05, 4.69) is 27.7 Å². The summed E-state index contributed by atoms with van der Waals surface area (Å²) in [4.78, 5) is 0. The Balaban J connectivity index is 0. The Morgan fingerprint density at radius 2 is 0.850 bits per heavy atom. The number of hydrogen-bond acceptors (Lipinski definition) is 2. The monoisotopic (exact) mass is 289 g/mol. The number of aliphatic hydroxyl groups excluding tert-OH is 1. The smallest absolute Gasteiger partial charge is 0.0786 e. The van der Waals surface area contributed by atoms with Crippen molar-refractivity contribution >= 4 is 0 Å². The second-order valence-electron chi connectivity index (χ2n) is 5.78. The van der Waals surface area contributed by atoms with Crippen LogP contribution in [0, 0.1) is 0 Å². The summed E-state index contributed by atoms with van der Waals surface area (Å²) in [6.45, 7) is 14.0. The Morgan fingerprint density at radius 1 is 0.650 bits per heavy atom. The van der Waals surface area contributed by atoms with Gasteiger partial charge in [0.1, 0.15) is 0 Å². The molecule has 20 heavy (non-hydrogen) atoms. The average Bonchev–Trinajstić information content (AvgIpc) is 2.46. The summed E-state index contributed by atoms with van der Waals surface area (Å²) in [5.41, 5.74) is 0. The van der Waals surface area contributed by atoms with Gasteiger partial charge in [0.2, 0.25) is 0 Å². The molecule has 0 fully saturated rings. The van der Waals surface area contributed by atoms with Crippen molar-refractivity contribution in [3.05, 3.63) is 0 Å². The van der Waals surface area contributed by atoms with E-state index in [1.165, 1.54) is 82.0 Å². The van der Waals surface area contributed by atoms with E-state index in [1.54, 1.807) is 0 Å². The minimum absolute atomic E-state index is 1.00. The molecule has 0 bridgehead atoms. The number of quaternary nitrogens is 1. The Morgan fingerprint density at radius 3 is 1.00 bits per heavy atom. The molecule has 0 radical (unpaired) electrons. The van der Waals surface area contributed by atoms with Crippen molar-refractivity contribution in [2.45, 2.75) is 79.1 Å². The minimum atomic E-state index is -1.00. The highest BCUT2D eigenvalue weighted by Crippen LogP contribution is 2.16. The Kier molecular flexibility index (Phi) is 18.8. The van der Waals surface area contributed by atoms with Gasteiger partial charge < -0.3 is 14.7 Å². The van der Waals surface area contributed by atoms with E-state index in [4.69, 9.17) is 10.2 Å². The molecule has 3 heteroatoms. The average molecular weight is 290 g/mol. The van der Waals surface area contributed by atoms with E-state index >= 15 is 0 Å². The van der Waals surface area contributed by atoms with Crippen LogP contribution in [0.1, 0.15) is 79.1 Å². The molecule has 0 heterocycles. The molecule has 0 aliphatic carbocycles. The number of rotatable bonds is 12. The van der Waals surface area contributed by atoms with Gasteiger partial charge in [-0.05, 0) is 32.5 Å². The molecule has 0 saturated heterocycles. The zero-order valence-corrected chi connectivity index (χ0v) is 14.5. The first-order valence-electron chi connectivity index (χ1n) is 8.70. The lowest BCUT2D eigenvalue weighted by Crippen LogP contribution is -2.50. The van der Waals surface area contributed by atoms with Gasteiger partial charge in [-0.2, -0.15) is 0 Å². The van der Waals surface area contributed by atoms with Crippen molar-refractivity contribution in [3.63, 3.8) is 0 Å². The number of hydrogen-bond donors (Lipinski definition) is 1. The first-order chi connectivity index (χ1) is 9.66. The van der Waals surface area contributed by atoms with Crippen molar-refractivity contribution in [2.75, 3.05) is 33.0 Å². The van der Waals surface area contributed by atoms with Crippen LogP contribution in [0.3, 0.4) is 0 Å². The molecule has 0 aliphatic rings. The maximum Gasteiger partial charge on any atom is 0.0786 e. The number of aliphatic hydroxyl groups is 1. The first kappa shape index (κ1) is 22.2. The predicted octanol–water partition coefficient (Wildman–Crippen LogP) is 3.30. The summed E-state index contributed by atoms with van der Waals surface area (Å²) >= 11 is 0. The zero-order chi connectivity index (χ0) is 15.7. The number of nitrogens with zero attached hydrogens (tertiary/aromatic N) is 1.